The summed E-state index contributed by atoms with van der Waals surface area (Å²) in [4.78, 5) is 18.5. The first-order valence-corrected chi connectivity index (χ1v) is 8.27. The fraction of sp³-hybridized carbons (Fsp3) is 0.143. The van der Waals surface area contributed by atoms with Crippen molar-refractivity contribution < 1.29 is 18.0 Å². The highest BCUT2D eigenvalue weighted by molar-refractivity contribution is 6.00. The van der Waals surface area contributed by atoms with Gasteiger partial charge in [-0.1, -0.05) is 36.4 Å². The molecule has 1 heterocycles. The van der Waals surface area contributed by atoms with Crippen LogP contribution in [0.3, 0.4) is 0 Å². The van der Waals surface area contributed by atoms with E-state index in [1.54, 1.807) is 54.7 Å². The highest BCUT2D eigenvalue weighted by atomic mass is 19.4. The van der Waals surface area contributed by atoms with E-state index < -0.39 is 11.7 Å². The predicted octanol–water partition coefficient (Wildman–Crippen LogP) is 5.04. The second-order valence-corrected chi connectivity index (χ2v) is 6.14. The van der Waals surface area contributed by atoms with Crippen molar-refractivity contribution in [3.05, 3.63) is 89.7 Å². The molecule has 0 radical (unpaired) electrons. The van der Waals surface area contributed by atoms with Gasteiger partial charge in [0.25, 0.3) is 5.91 Å². The molecule has 0 unspecified atom stereocenters. The molecular weight excluding hydrogens is 353 g/mol. The molecule has 0 saturated carbocycles. The number of benzene rings is 2. The van der Waals surface area contributed by atoms with Crippen LogP contribution in [0.25, 0.3) is 11.1 Å². The van der Waals surface area contributed by atoms with Crippen molar-refractivity contribution in [2.75, 3.05) is 7.05 Å². The van der Waals surface area contributed by atoms with Gasteiger partial charge in [0.2, 0.25) is 0 Å². The Kier molecular flexibility index (Phi) is 5.26. The number of carbonyl (C=O) groups excluding carboxylic acids is 1. The zero-order valence-electron chi connectivity index (χ0n) is 14.6. The lowest BCUT2D eigenvalue weighted by Gasteiger charge is -2.19. The van der Waals surface area contributed by atoms with Gasteiger partial charge in [0, 0.05) is 31.5 Å². The molecule has 0 spiro atoms. The number of halogens is 3. The van der Waals surface area contributed by atoms with Crippen molar-refractivity contribution in [1.29, 1.82) is 0 Å². The third-order valence-electron chi connectivity index (χ3n) is 4.17. The smallest absolute Gasteiger partial charge is 0.337 e. The van der Waals surface area contributed by atoms with E-state index in [0.29, 0.717) is 23.2 Å². The highest BCUT2D eigenvalue weighted by Crippen LogP contribution is 2.32. The lowest BCUT2D eigenvalue weighted by molar-refractivity contribution is -0.137. The Morgan fingerprint density at radius 2 is 1.70 bits per heavy atom. The molecule has 0 aliphatic rings. The van der Waals surface area contributed by atoms with Gasteiger partial charge in [0.1, 0.15) is 0 Å². The molecule has 27 heavy (non-hydrogen) atoms. The monoisotopic (exact) mass is 370 g/mol. The molecule has 3 rings (SSSR count). The number of hydrogen-bond acceptors (Lipinski definition) is 2. The van der Waals surface area contributed by atoms with Crippen LogP contribution in [0, 0.1) is 0 Å². The lowest BCUT2D eigenvalue weighted by atomic mass is 9.97. The van der Waals surface area contributed by atoms with Gasteiger partial charge in [-0.05, 0) is 41.0 Å². The van der Waals surface area contributed by atoms with Crippen molar-refractivity contribution in [2.45, 2.75) is 12.7 Å². The van der Waals surface area contributed by atoms with Crippen LogP contribution in [0.5, 0.6) is 0 Å². The van der Waals surface area contributed by atoms with E-state index in [1.165, 1.54) is 12.1 Å². The Morgan fingerprint density at radius 3 is 2.33 bits per heavy atom. The number of nitrogens with zero attached hydrogens (tertiary/aromatic N) is 2. The number of alkyl halides is 3. The molecule has 0 fully saturated rings. The lowest BCUT2D eigenvalue weighted by Crippen LogP contribution is -2.26. The molecule has 0 aliphatic heterocycles. The topological polar surface area (TPSA) is 33.2 Å². The van der Waals surface area contributed by atoms with Gasteiger partial charge in [0.15, 0.2) is 0 Å². The average molecular weight is 370 g/mol. The zero-order valence-corrected chi connectivity index (χ0v) is 14.6. The minimum absolute atomic E-state index is 0.214. The van der Waals surface area contributed by atoms with Crippen molar-refractivity contribution in [1.82, 2.24) is 9.88 Å². The molecule has 2 aromatic carbocycles. The number of pyridine rings is 1. The van der Waals surface area contributed by atoms with Crippen molar-refractivity contribution in [3.8, 4) is 11.1 Å². The summed E-state index contributed by atoms with van der Waals surface area (Å²) >= 11 is 0. The normalized spacial score (nSPS) is 11.3. The van der Waals surface area contributed by atoms with E-state index in [-0.39, 0.29) is 5.91 Å². The molecule has 0 saturated heterocycles. The summed E-state index contributed by atoms with van der Waals surface area (Å²) in [6.45, 7) is 0.383. The van der Waals surface area contributed by atoms with Crippen LogP contribution < -0.4 is 0 Å². The Labute approximate surface area is 155 Å². The molecule has 3 aromatic rings. The van der Waals surface area contributed by atoms with E-state index >= 15 is 0 Å². The third kappa shape index (κ3) is 4.34. The number of aromatic nitrogens is 1. The Balaban J connectivity index is 1.88. The van der Waals surface area contributed by atoms with Crippen LogP contribution in [-0.2, 0) is 12.7 Å². The van der Waals surface area contributed by atoms with Crippen molar-refractivity contribution in [3.63, 3.8) is 0 Å². The average Bonchev–Trinajstić information content (AvgIpc) is 2.67. The largest absolute Gasteiger partial charge is 0.416 e. The molecule has 1 aromatic heterocycles. The van der Waals surface area contributed by atoms with Gasteiger partial charge in [-0.15, -0.1) is 0 Å². The van der Waals surface area contributed by atoms with Crippen LogP contribution in [0.2, 0.25) is 0 Å². The molecule has 6 heteroatoms. The summed E-state index contributed by atoms with van der Waals surface area (Å²) in [6, 6.07) is 15.4. The molecule has 0 aliphatic carbocycles. The maximum absolute atomic E-state index is 12.9. The summed E-state index contributed by atoms with van der Waals surface area (Å²) in [5.41, 5.74) is 1.75. The molecule has 1 amide bonds. The summed E-state index contributed by atoms with van der Waals surface area (Å²) in [5, 5.41) is 0. The standard InChI is InChI=1S/C21H17F3N2O/c1-26(14-15-5-4-12-25-13-15)20(27)19-7-3-2-6-18(19)16-8-10-17(11-9-16)21(22,23)24/h2-13H,14H2,1H3. The molecule has 0 atom stereocenters. The van der Waals surface area contributed by atoms with E-state index in [0.717, 1.165) is 17.7 Å². The minimum Gasteiger partial charge on any atom is -0.337 e. The summed E-state index contributed by atoms with van der Waals surface area (Å²) in [7, 11) is 1.68. The zero-order chi connectivity index (χ0) is 19.4. The van der Waals surface area contributed by atoms with Crippen LogP contribution in [0.15, 0.2) is 73.1 Å². The van der Waals surface area contributed by atoms with E-state index in [1.807, 2.05) is 6.07 Å². The van der Waals surface area contributed by atoms with Crippen molar-refractivity contribution >= 4 is 5.91 Å². The number of hydrogen-bond donors (Lipinski definition) is 0. The van der Waals surface area contributed by atoms with E-state index in [2.05, 4.69) is 4.98 Å². The Bertz CT molecular complexity index is 922. The summed E-state index contributed by atoms with van der Waals surface area (Å²) in [5.74, 6) is -0.214. The van der Waals surface area contributed by atoms with Gasteiger partial charge in [0.05, 0.1) is 5.56 Å². The fourth-order valence-corrected chi connectivity index (χ4v) is 2.80. The molecule has 0 N–H and O–H groups in total. The van der Waals surface area contributed by atoms with Gasteiger partial charge in [-0.3, -0.25) is 9.78 Å². The van der Waals surface area contributed by atoms with Crippen molar-refractivity contribution in [2.24, 2.45) is 0 Å². The first-order valence-electron chi connectivity index (χ1n) is 8.27. The van der Waals surface area contributed by atoms with E-state index in [9.17, 15) is 18.0 Å². The third-order valence-corrected chi connectivity index (χ3v) is 4.17. The molecular formula is C21H17F3N2O. The first kappa shape index (κ1) is 18.6. The number of carbonyl (C=O) groups is 1. The van der Waals surface area contributed by atoms with Gasteiger partial charge < -0.3 is 4.90 Å². The van der Waals surface area contributed by atoms with E-state index in [4.69, 9.17) is 0 Å². The summed E-state index contributed by atoms with van der Waals surface area (Å²) in [6.07, 6.45) is -1.05. The van der Waals surface area contributed by atoms with Gasteiger partial charge in [-0.2, -0.15) is 13.2 Å². The number of amides is 1. The Morgan fingerprint density at radius 1 is 1.00 bits per heavy atom. The van der Waals surface area contributed by atoms with Gasteiger partial charge >= 0.3 is 6.18 Å². The fourth-order valence-electron chi connectivity index (χ4n) is 2.80. The Hall–Kier alpha value is -3.15. The first-order chi connectivity index (χ1) is 12.9. The molecule has 3 nitrogen and oxygen atoms in total. The van der Waals surface area contributed by atoms with Gasteiger partial charge in [-0.25, -0.2) is 0 Å². The predicted molar refractivity (Wildman–Crippen MR) is 96.9 cm³/mol. The second-order valence-electron chi connectivity index (χ2n) is 6.14. The second kappa shape index (κ2) is 7.61. The highest BCUT2D eigenvalue weighted by Gasteiger charge is 2.30. The van der Waals surface area contributed by atoms with Crippen LogP contribution in [-0.4, -0.2) is 22.8 Å². The van der Waals surface area contributed by atoms with Crippen LogP contribution in [0.4, 0.5) is 13.2 Å². The maximum atomic E-state index is 12.9. The number of rotatable bonds is 4. The van der Waals surface area contributed by atoms with Crippen LogP contribution in [0.1, 0.15) is 21.5 Å². The molecule has 0 bridgehead atoms. The SMILES string of the molecule is CN(Cc1cccnc1)C(=O)c1ccccc1-c1ccc(C(F)(F)F)cc1. The van der Waals surface area contributed by atoms with Crippen LogP contribution >= 0.6 is 0 Å². The molecule has 138 valence electrons. The minimum atomic E-state index is -4.39. The summed E-state index contributed by atoms with van der Waals surface area (Å²) < 4.78 is 38.3. The quantitative estimate of drug-likeness (QED) is 0.645. The maximum Gasteiger partial charge on any atom is 0.416 e.